The molecule has 7 heteroatoms. The lowest BCUT2D eigenvalue weighted by molar-refractivity contribution is -0.116. The lowest BCUT2D eigenvalue weighted by Gasteiger charge is -2.11. The summed E-state index contributed by atoms with van der Waals surface area (Å²) < 4.78 is 0. The summed E-state index contributed by atoms with van der Waals surface area (Å²) in [5.41, 5.74) is 3.28. The summed E-state index contributed by atoms with van der Waals surface area (Å²) in [6.07, 6.45) is 0.326. The van der Waals surface area contributed by atoms with Gasteiger partial charge in [0.05, 0.1) is 10.6 Å². The zero-order valence-corrected chi connectivity index (χ0v) is 18.4. The summed E-state index contributed by atoms with van der Waals surface area (Å²) in [5.74, 6) is 1.12. The Morgan fingerprint density at radius 2 is 1.69 bits per heavy atom. The monoisotopic (exact) mass is 442 g/mol. The van der Waals surface area contributed by atoms with Crippen LogP contribution in [0.4, 0.5) is 17.2 Å². The van der Waals surface area contributed by atoms with Gasteiger partial charge in [0, 0.05) is 35.8 Å². The van der Waals surface area contributed by atoms with Crippen LogP contribution in [0.25, 0.3) is 11.3 Å². The van der Waals surface area contributed by atoms with Gasteiger partial charge in [-0.15, -0.1) is 11.3 Å². The number of Topliss-reactive ketones (excluding diaryl/α,β-unsaturated/α-hetero) is 1. The number of anilines is 3. The zero-order valence-electron chi connectivity index (χ0n) is 17.5. The van der Waals surface area contributed by atoms with Gasteiger partial charge in [0.2, 0.25) is 5.91 Å². The van der Waals surface area contributed by atoms with Gasteiger partial charge in [-0.3, -0.25) is 9.59 Å². The molecule has 0 spiro atoms. The molecule has 1 amide bonds. The van der Waals surface area contributed by atoms with Gasteiger partial charge in [0.25, 0.3) is 0 Å². The van der Waals surface area contributed by atoms with E-state index in [0.717, 1.165) is 16.9 Å². The third kappa shape index (κ3) is 5.65. The largest absolute Gasteiger partial charge is 0.340 e. The lowest BCUT2D eigenvalue weighted by atomic mass is 10.1. The third-order valence-corrected chi connectivity index (χ3v) is 5.61. The van der Waals surface area contributed by atoms with Crippen LogP contribution in [-0.4, -0.2) is 21.7 Å². The molecule has 4 aromatic rings. The number of aryl methyl sites for hydroxylation is 1. The Morgan fingerprint density at radius 3 is 2.47 bits per heavy atom. The molecule has 0 aliphatic heterocycles. The number of benzene rings is 2. The number of thiophene rings is 1. The number of carbonyl (C=O) groups is 2. The van der Waals surface area contributed by atoms with Crippen molar-refractivity contribution in [2.45, 2.75) is 19.8 Å². The Balaban J connectivity index is 1.40. The molecule has 2 heterocycles. The minimum Gasteiger partial charge on any atom is -0.340 e. The average Bonchev–Trinajstić information content (AvgIpc) is 3.33. The maximum Gasteiger partial charge on any atom is 0.224 e. The van der Waals surface area contributed by atoms with E-state index in [1.54, 1.807) is 6.07 Å². The fraction of sp³-hybridized carbons (Fsp3) is 0.120. The highest BCUT2D eigenvalue weighted by atomic mass is 32.1. The van der Waals surface area contributed by atoms with Crippen LogP contribution in [-0.2, 0) is 4.79 Å². The van der Waals surface area contributed by atoms with Crippen molar-refractivity contribution in [3.8, 4) is 11.3 Å². The molecule has 0 aliphatic carbocycles. The first-order valence-corrected chi connectivity index (χ1v) is 11.1. The molecular formula is C25H22N4O2S. The number of rotatable bonds is 8. The second kappa shape index (κ2) is 9.98. The molecule has 6 nitrogen and oxygen atoms in total. The summed E-state index contributed by atoms with van der Waals surface area (Å²) in [5, 5.41) is 7.99. The summed E-state index contributed by atoms with van der Waals surface area (Å²) in [4.78, 5) is 34.1. The van der Waals surface area contributed by atoms with Crippen LogP contribution in [0, 0.1) is 6.92 Å². The molecule has 2 aromatic carbocycles. The van der Waals surface area contributed by atoms with Crippen LogP contribution in [0.5, 0.6) is 0 Å². The van der Waals surface area contributed by atoms with Gasteiger partial charge in [-0.2, -0.15) is 0 Å². The van der Waals surface area contributed by atoms with Crippen LogP contribution in [0.1, 0.15) is 28.3 Å². The highest BCUT2D eigenvalue weighted by Gasteiger charge is 2.11. The molecule has 32 heavy (non-hydrogen) atoms. The van der Waals surface area contributed by atoms with E-state index in [1.165, 1.54) is 11.3 Å². The highest BCUT2D eigenvalue weighted by Crippen LogP contribution is 2.23. The van der Waals surface area contributed by atoms with E-state index in [1.807, 2.05) is 79.0 Å². The number of nitrogens with one attached hydrogen (secondary N) is 2. The third-order valence-electron chi connectivity index (χ3n) is 4.70. The SMILES string of the molecule is Cc1nc(Nc2cccc(NC(=O)CCC(=O)c3cccs3)c2)cc(-c2ccccc2)n1. The Morgan fingerprint density at radius 1 is 0.875 bits per heavy atom. The number of hydrogen-bond acceptors (Lipinski definition) is 6. The molecule has 0 radical (unpaired) electrons. The van der Waals surface area contributed by atoms with Gasteiger partial charge < -0.3 is 10.6 Å². The molecule has 0 saturated carbocycles. The Labute approximate surface area is 190 Å². The first kappa shape index (κ1) is 21.4. The number of amides is 1. The van der Waals surface area contributed by atoms with Gasteiger partial charge in [-0.1, -0.05) is 42.5 Å². The first-order valence-electron chi connectivity index (χ1n) is 10.2. The number of ketones is 1. The highest BCUT2D eigenvalue weighted by molar-refractivity contribution is 7.12. The van der Waals surface area contributed by atoms with E-state index in [-0.39, 0.29) is 24.5 Å². The second-order valence-corrected chi connectivity index (χ2v) is 8.15. The van der Waals surface area contributed by atoms with Gasteiger partial charge in [0.15, 0.2) is 5.78 Å². The van der Waals surface area contributed by atoms with Crippen LogP contribution in [0.15, 0.2) is 78.2 Å². The minimum atomic E-state index is -0.198. The van der Waals surface area contributed by atoms with Crippen molar-refractivity contribution < 1.29 is 9.59 Å². The van der Waals surface area contributed by atoms with Crippen molar-refractivity contribution in [3.63, 3.8) is 0 Å². The summed E-state index contributed by atoms with van der Waals surface area (Å²) >= 11 is 1.39. The molecule has 0 fully saturated rings. The molecule has 2 aromatic heterocycles. The number of aromatic nitrogens is 2. The van der Waals surface area contributed by atoms with Crippen LogP contribution < -0.4 is 10.6 Å². The van der Waals surface area contributed by atoms with Crippen LogP contribution >= 0.6 is 11.3 Å². The molecule has 4 rings (SSSR count). The van der Waals surface area contributed by atoms with Crippen molar-refractivity contribution in [2.24, 2.45) is 0 Å². The van der Waals surface area contributed by atoms with Crippen molar-refractivity contribution in [1.29, 1.82) is 0 Å². The summed E-state index contributed by atoms with van der Waals surface area (Å²) in [6.45, 7) is 1.85. The molecule has 2 N–H and O–H groups in total. The molecule has 160 valence electrons. The Hall–Kier alpha value is -3.84. The van der Waals surface area contributed by atoms with E-state index in [2.05, 4.69) is 20.6 Å². The van der Waals surface area contributed by atoms with E-state index in [4.69, 9.17) is 0 Å². The van der Waals surface area contributed by atoms with E-state index >= 15 is 0 Å². The fourth-order valence-corrected chi connectivity index (χ4v) is 3.92. The van der Waals surface area contributed by atoms with E-state index < -0.39 is 0 Å². The Kier molecular flexibility index (Phi) is 6.67. The predicted octanol–water partition coefficient (Wildman–Crippen LogP) is 5.86. The standard InChI is InChI=1S/C25H22N4O2S/c1-17-26-21(18-7-3-2-4-8-18)16-24(27-17)28-19-9-5-10-20(15-19)29-25(31)13-12-22(30)23-11-6-14-32-23/h2-11,14-16H,12-13H2,1H3,(H,29,31)(H,26,27,28). The van der Waals surface area contributed by atoms with Gasteiger partial charge in [-0.05, 0) is 36.6 Å². The van der Waals surface area contributed by atoms with E-state index in [9.17, 15) is 9.59 Å². The maximum atomic E-state index is 12.3. The predicted molar refractivity (Wildman–Crippen MR) is 128 cm³/mol. The smallest absolute Gasteiger partial charge is 0.224 e. The fourth-order valence-electron chi connectivity index (χ4n) is 3.22. The molecule has 0 aliphatic rings. The minimum absolute atomic E-state index is 0.0149. The van der Waals surface area contributed by atoms with Crippen LogP contribution in [0.3, 0.4) is 0 Å². The van der Waals surface area contributed by atoms with Gasteiger partial charge in [0.1, 0.15) is 11.6 Å². The van der Waals surface area contributed by atoms with Crippen molar-refractivity contribution in [2.75, 3.05) is 10.6 Å². The molecule has 0 saturated heterocycles. The van der Waals surface area contributed by atoms with Gasteiger partial charge >= 0.3 is 0 Å². The average molecular weight is 443 g/mol. The van der Waals surface area contributed by atoms with Crippen molar-refractivity contribution in [1.82, 2.24) is 9.97 Å². The number of nitrogens with zero attached hydrogens (tertiary/aromatic N) is 2. The normalized spacial score (nSPS) is 10.5. The van der Waals surface area contributed by atoms with Crippen molar-refractivity contribution in [3.05, 3.63) is 88.9 Å². The molecule has 0 unspecified atom stereocenters. The van der Waals surface area contributed by atoms with Crippen molar-refractivity contribution >= 4 is 40.2 Å². The Bertz CT molecular complexity index is 1220. The lowest BCUT2D eigenvalue weighted by Crippen LogP contribution is -2.13. The number of hydrogen-bond donors (Lipinski definition) is 2. The topological polar surface area (TPSA) is 84.0 Å². The zero-order chi connectivity index (χ0) is 22.3. The molecular weight excluding hydrogens is 420 g/mol. The second-order valence-electron chi connectivity index (χ2n) is 7.21. The quantitative estimate of drug-likeness (QED) is 0.334. The summed E-state index contributed by atoms with van der Waals surface area (Å²) in [6, 6.07) is 22.8. The maximum absolute atomic E-state index is 12.3. The molecule has 0 bridgehead atoms. The van der Waals surface area contributed by atoms with Crippen LogP contribution in [0.2, 0.25) is 0 Å². The molecule has 0 atom stereocenters. The summed E-state index contributed by atoms with van der Waals surface area (Å²) in [7, 11) is 0. The first-order chi connectivity index (χ1) is 15.6. The van der Waals surface area contributed by atoms with E-state index in [0.29, 0.717) is 22.2 Å². The van der Waals surface area contributed by atoms with Gasteiger partial charge in [-0.25, -0.2) is 9.97 Å². The number of carbonyl (C=O) groups excluding carboxylic acids is 2.